The number of amides is 1. The number of aromatic nitrogens is 2. The predicted octanol–water partition coefficient (Wildman–Crippen LogP) is 3.93. The van der Waals surface area contributed by atoms with Crippen LogP contribution in [0.25, 0.3) is 11.3 Å². The molecular formula is C21H22ClN3O4S2. The van der Waals surface area contributed by atoms with E-state index in [0.717, 1.165) is 10.4 Å². The lowest BCUT2D eigenvalue weighted by Crippen LogP contribution is -2.41. The van der Waals surface area contributed by atoms with Crippen molar-refractivity contribution in [2.75, 3.05) is 26.3 Å². The summed E-state index contributed by atoms with van der Waals surface area (Å²) in [7, 11) is 0. The average Bonchev–Trinajstić information content (AvgIpc) is 3.36. The number of thiophene rings is 1. The Bertz CT molecular complexity index is 1120. The number of rotatable bonds is 6. The first-order valence-corrected chi connectivity index (χ1v) is 12.3. The van der Waals surface area contributed by atoms with Gasteiger partial charge in [-0.25, -0.2) is 4.21 Å². The van der Waals surface area contributed by atoms with Gasteiger partial charge in [-0.2, -0.15) is 5.10 Å². The summed E-state index contributed by atoms with van der Waals surface area (Å²) in [6.45, 7) is 4.40. The Morgan fingerprint density at radius 1 is 1.32 bits per heavy atom. The van der Waals surface area contributed by atoms with Gasteiger partial charge in [-0.15, -0.1) is 11.3 Å². The molecule has 0 spiro atoms. The Hall–Kier alpha value is -2.04. The highest BCUT2D eigenvalue weighted by Crippen LogP contribution is 2.33. The van der Waals surface area contributed by atoms with Gasteiger partial charge in [-0.1, -0.05) is 36.7 Å². The molecule has 1 saturated heterocycles. The van der Waals surface area contributed by atoms with Crippen molar-refractivity contribution in [3.8, 4) is 11.3 Å². The van der Waals surface area contributed by atoms with E-state index in [4.69, 9.17) is 21.4 Å². The van der Waals surface area contributed by atoms with Crippen molar-refractivity contribution >= 4 is 39.9 Å². The SMILES string of the molecule is CCc1c(C(=O)N2CCOCC2)nn(Cc2cc(Cl)cs2)c1-c1ccccc1S(=O)O. The standard InChI is InChI=1S/C21H22ClN3O4S2/c1-2-16-19(21(26)24-7-9-29-10-8-24)23-25(12-15-11-14(22)13-30-15)20(16)17-5-3-4-6-18(17)31(27)28/h3-6,11,13H,2,7-10,12H2,1H3,(H,27,28). The smallest absolute Gasteiger partial charge is 0.274 e. The van der Waals surface area contributed by atoms with E-state index in [1.807, 2.05) is 24.4 Å². The van der Waals surface area contributed by atoms with Gasteiger partial charge in [0.1, 0.15) is 0 Å². The predicted molar refractivity (Wildman–Crippen MR) is 121 cm³/mol. The summed E-state index contributed by atoms with van der Waals surface area (Å²) in [4.78, 5) is 16.3. The summed E-state index contributed by atoms with van der Waals surface area (Å²) < 4.78 is 29.0. The molecule has 3 heterocycles. The summed E-state index contributed by atoms with van der Waals surface area (Å²) in [5.74, 6) is -0.146. The molecule has 0 aliphatic carbocycles. The first-order valence-electron chi connectivity index (χ1n) is 9.89. The van der Waals surface area contributed by atoms with Crippen molar-refractivity contribution in [1.29, 1.82) is 0 Å². The molecule has 1 aromatic carbocycles. The molecule has 0 radical (unpaired) electrons. The maximum atomic E-state index is 13.3. The highest BCUT2D eigenvalue weighted by atomic mass is 35.5. The number of nitrogens with zero attached hydrogens (tertiary/aromatic N) is 3. The van der Waals surface area contributed by atoms with Gasteiger partial charge in [0.25, 0.3) is 5.91 Å². The molecule has 7 nitrogen and oxygen atoms in total. The van der Waals surface area contributed by atoms with Crippen LogP contribution in [-0.2, 0) is 28.8 Å². The lowest BCUT2D eigenvalue weighted by molar-refractivity contribution is 0.0298. The Labute approximate surface area is 191 Å². The van der Waals surface area contributed by atoms with E-state index in [0.29, 0.717) is 61.2 Å². The molecule has 2 aromatic heterocycles. The maximum Gasteiger partial charge on any atom is 0.274 e. The molecule has 3 aromatic rings. The third-order valence-electron chi connectivity index (χ3n) is 5.16. The van der Waals surface area contributed by atoms with Crippen molar-refractivity contribution in [3.05, 3.63) is 56.9 Å². The zero-order valence-corrected chi connectivity index (χ0v) is 19.3. The van der Waals surface area contributed by atoms with Crippen LogP contribution < -0.4 is 0 Å². The number of carbonyl (C=O) groups excluding carboxylic acids is 1. The van der Waals surface area contributed by atoms with Gasteiger partial charge in [0.05, 0.1) is 35.4 Å². The van der Waals surface area contributed by atoms with E-state index in [-0.39, 0.29) is 10.8 Å². The fourth-order valence-corrected chi connectivity index (χ4v) is 5.34. The third kappa shape index (κ3) is 4.61. The molecule has 1 unspecified atom stereocenters. The first kappa shape index (κ1) is 22.2. The van der Waals surface area contributed by atoms with Crippen LogP contribution in [0.4, 0.5) is 0 Å². The van der Waals surface area contributed by atoms with Crippen LogP contribution in [0.1, 0.15) is 27.9 Å². The van der Waals surface area contributed by atoms with E-state index < -0.39 is 11.1 Å². The fraction of sp³-hybridized carbons (Fsp3) is 0.333. The second-order valence-corrected chi connectivity index (χ2v) is 9.44. The van der Waals surface area contributed by atoms with E-state index in [1.165, 1.54) is 11.3 Å². The molecule has 1 atom stereocenters. The fourth-order valence-electron chi connectivity index (χ4n) is 3.74. The molecule has 1 N–H and O–H groups in total. The van der Waals surface area contributed by atoms with E-state index in [1.54, 1.807) is 27.8 Å². The molecule has 1 aliphatic heterocycles. The Morgan fingerprint density at radius 3 is 2.71 bits per heavy atom. The lowest BCUT2D eigenvalue weighted by Gasteiger charge is -2.26. The zero-order chi connectivity index (χ0) is 22.0. The van der Waals surface area contributed by atoms with E-state index in [2.05, 4.69) is 0 Å². The Kier molecular flexibility index (Phi) is 6.88. The highest BCUT2D eigenvalue weighted by Gasteiger charge is 2.29. The zero-order valence-electron chi connectivity index (χ0n) is 16.9. The van der Waals surface area contributed by atoms with Gasteiger partial charge < -0.3 is 14.2 Å². The van der Waals surface area contributed by atoms with Crippen LogP contribution >= 0.6 is 22.9 Å². The van der Waals surface area contributed by atoms with Crippen molar-refractivity contribution in [1.82, 2.24) is 14.7 Å². The molecule has 10 heteroatoms. The van der Waals surface area contributed by atoms with Crippen molar-refractivity contribution < 1.29 is 18.3 Å². The average molecular weight is 480 g/mol. The molecule has 0 saturated carbocycles. The minimum Gasteiger partial charge on any atom is -0.378 e. The van der Waals surface area contributed by atoms with Crippen LogP contribution in [0.5, 0.6) is 0 Å². The minimum absolute atomic E-state index is 0.146. The van der Waals surface area contributed by atoms with Gasteiger partial charge in [0, 0.05) is 34.5 Å². The van der Waals surface area contributed by atoms with Crippen LogP contribution in [0.3, 0.4) is 0 Å². The van der Waals surface area contributed by atoms with Gasteiger partial charge >= 0.3 is 0 Å². The largest absolute Gasteiger partial charge is 0.378 e. The topological polar surface area (TPSA) is 84.7 Å². The normalized spacial score (nSPS) is 15.3. The summed E-state index contributed by atoms with van der Waals surface area (Å²) in [6.07, 6.45) is 0.554. The van der Waals surface area contributed by atoms with Gasteiger partial charge in [0.15, 0.2) is 16.8 Å². The number of ether oxygens (including phenoxy) is 1. The Morgan fingerprint density at radius 2 is 2.06 bits per heavy atom. The lowest BCUT2D eigenvalue weighted by atomic mass is 10.0. The summed E-state index contributed by atoms with van der Waals surface area (Å²) >= 11 is 5.43. The monoisotopic (exact) mass is 479 g/mol. The first-order chi connectivity index (χ1) is 15.0. The van der Waals surface area contributed by atoms with Gasteiger partial charge in [0.2, 0.25) is 0 Å². The molecule has 1 amide bonds. The highest BCUT2D eigenvalue weighted by molar-refractivity contribution is 7.79. The summed E-state index contributed by atoms with van der Waals surface area (Å²) in [5, 5.41) is 7.19. The number of carbonyl (C=O) groups is 1. The second-order valence-electron chi connectivity index (χ2n) is 7.07. The minimum atomic E-state index is -2.18. The van der Waals surface area contributed by atoms with Crippen molar-refractivity contribution in [3.63, 3.8) is 0 Å². The molecule has 4 rings (SSSR count). The number of hydrogen-bond donors (Lipinski definition) is 1. The molecule has 164 valence electrons. The number of benzene rings is 1. The molecule has 1 aliphatic rings. The number of hydrogen-bond acceptors (Lipinski definition) is 5. The van der Waals surface area contributed by atoms with Gasteiger partial charge in [-0.05, 0) is 18.6 Å². The molecule has 0 bridgehead atoms. The number of morpholine rings is 1. The van der Waals surface area contributed by atoms with Gasteiger partial charge in [-0.3, -0.25) is 9.48 Å². The molecular weight excluding hydrogens is 458 g/mol. The summed E-state index contributed by atoms with van der Waals surface area (Å²) in [5.41, 5.74) is 2.41. The van der Waals surface area contributed by atoms with Crippen LogP contribution in [0.15, 0.2) is 40.6 Å². The van der Waals surface area contributed by atoms with Crippen LogP contribution in [-0.4, -0.2) is 55.7 Å². The summed E-state index contributed by atoms with van der Waals surface area (Å²) in [6, 6.07) is 8.81. The maximum absolute atomic E-state index is 13.3. The van der Waals surface area contributed by atoms with Crippen molar-refractivity contribution in [2.45, 2.75) is 24.8 Å². The van der Waals surface area contributed by atoms with Crippen molar-refractivity contribution in [2.24, 2.45) is 0 Å². The third-order valence-corrected chi connectivity index (χ3v) is 7.16. The van der Waals surface area contributed by atoms with E-state index >= 15 is 0 Å². The second kappa shape index (κ2) is 9.62. The molecule has 1 fully saturated rings. The quantitative estimate of drug-likeness (QED) is 0.541. The van der Waals surface area contributed by atoms with Crippen LogP contribution in [0, 0.1) is 0 Å². The number of halogens is 1. The molecule has 31 heavy (non-hydrogen) atoms. The Balaban J connectivity index is 1.87. The van der Waals surface area contributed by atoms with Crippen LogP contribution in [0.2, 0.25) is 5.02 Å². The van der Waals surface area contributed by atoms with E-state index in [9.17, 15) is 13.6 Å².